The highest BCUT2D eigenvalue weighted by Gasteiger charge is 2.27. The van der Waals surface area contributed by atoms with Gasteiger partial charge in [0.2, 0.25) is 0 Å². The Morgan fingerprint density at radius 1 is 0.963 bits per heavy atom. The van der Waals surface area contributed by atoms with Gasteiger partial charge in [-0.1, -0.05) is 24.3 Å². The predicted octanol–water partition coefficient (Wildman–Crippen LogP) is 4.86. The number of amides is 1. The van der Waals surface area contributed by atoms with Crippen LogP contribution in [0.2, 0.25) is 0 Å². The number of thiazole rings is 1. The number of nitrogens with zero attached hydrogens (tertiary/aromatic N) is 3. The average Bonchev–Trinajstić information content (AvgIpc) is 3.17. The lowest BCUT2D eigenvalue weighted by Gasteiger charge is -2.31. The van der Waals surface area contributed by atoms with Crippen LogP contribution in [0.25, 0.3) is 21.1 Å². The number of aromatic nitrogens is 2. The third-order valence-electron chi connectivity index (χ3n) is 5.32. The summed E-state index contributed by atoms with van der Waals surface area (Å²) in [6.07, 6.45) is 3.70. The molecule has 134 valence electrons. The van der Waals surface area contributed by atoms with Crippen molar-refractivity contribution < 1.29 is 4.79 Å². The quantitative estimate of drug-likeness (QED) is 0.504. The third-order valence-corrected chi connectivity index (χ3v) is 6.52. The number of para-hydroxylation sites is 1. The number of rotatable bonds is 2. The van der Waals surface area contributed by atoms with Gasteiger partial charge in [0.05, 0.1) is 20.7 Å². The molecule has 4 nitrogen and oxygen atoms in total. The number of carbonyl (C=O) groups excluding carboxylic acids is 1. The van der Waals surface area contributed by atoms with E-state index in [1.165, 1.54) is 9.71 Å². The molecule has 0 saturated carbocycles. The molecule has 0 aliphatic carbocycles. The van der Waals surface area contributed by atoms with Crippen molar-refractivity contribution in [3.8, 4) is 0 Å². The number of hydrogen-bond acceptors (Lipinski definition) is 4. The number of likely N-dealkylation sites (tertiary alicyclic amines) is 1. The smallest absolute Gasteiger partial charge is 0.254 e. The van der Waals surface area contributed by atoms with Gasteiger partial charge in [-0.3, -0.25) is 9.78 Å². The summed E-state index contributed by atoms with van der Waals surface area (Å²) < 4.78 is 1.24. The Balaban J connectivity index is 1.34. The van der Waals surface area contributed by atoms with E-state index >= 15 is 0 Å². The number of benzene rings is 2. The fourth-order valence-electron chi connectivity index (χ4n) is 3.85. The Morgan fingerprint density at radius 3 is 2.63 bits per heavy atom. The maximum Gasteiger partial charge on any atom is 0.254 e. The molecule has 4 aromatic rings. The van der Waals surface area contributed by atoms with Crippen LogP contribution in [0.3, 0.4) is 0 Å². The van der Waals surface area contributed by atoms with E-state index in [1.807, 2.05) is 41.3 Å². The van der Waals surface area contributed by atoms with Crippen molar-refractivity contribution >= 4 is 38.4 Å². The second kappa shape index (κ2) is 6.74. The van der Waals surface area contributed by atoms with Crippen LogP contribution in [0.15, 0.2) is 60.8 Å². The maximum absolute atomic E-state index is 13.1. The molecule has 3 heterocycles. The molecular weight excluding hydrogens is 354 g/mol. The summed E-state index contributed by atoms with van der Waals surface area (Å²) in [6, 6.07) is 17.9. The molecule has 0 radical (unpaired) electrons. The Morgan fingerprint density at radius 2 is 1.78 bits per heavy atom. The van der Waals surface area contributed by atoms with E-state index < -0.39 is 0 Å². The van der Waals surface area contributed by atoms with Crippen LogP contribution in [0.5, 0.6) is 0 Å². The van der Waals surface area contributed by atoms with Crippen molar-refractivity contribution in [1.82, 2.24) is 14.9 Å². The van der Waals surface area contributed by atoms with Gasteiger partial charge in [0.25, 0.3) is 5.91 Å². The molecule has 1 fully saturated rings. The largest absolute Gasteiger partial charge is 0.339 e. The van der Waals surface area contributed by atoms with E-state index in [4.69, 9.17) is 4.98 Å². The minimum atomic E-state index is 0.108. The number of piperidine rings is 1. The van der Waals surface area contributed by atoms with Gasteiger partial charge in [-0.25, -0.2) is 4.98 Å². The highest BCUT2D eigenvalue weighted by atomic mass is 32.1. The summed E-state index contributed by atoms with van der Waals surface area (Å²) in [6.45, 7) is 1.55. The number of fused-ring (bicyclic) bond motifs is 2. The highest BCUT2D eigenvalue weighted by molar-refractivity contribution is 7.18. The molecule has 2 aromatic carbocycles. The van der Waals surface area contributed by atoms with Gasteiger partial charge < -0.3 is 4.90 Å². The number of hydrogen-bond donors (Lipinski definition) is 0. The molecule has 1 saturated heterocycles. The maximum atomic E-state index is 13.1. The van der Waals surface area contributed by atoms with Gasteiger partial charge in [-0.05, 0) is 43.2 Å². The van der Waals surface area contributed by atoms with Crippen LogP contribution in [0, 0.1) is 0 Å². The summed E-state index contributed by atoms with van der Waals surface area (Å²) in [4.78, 5) is 24.2. The standard InChI is InChI=1S/C22H19N3OS/c26-22(17-5-3-8-18-16(17)6-4-12-23-18)25-13-10-15(11-14-25)21-24-19-7-1-2-9-20(19)27-21/h1-9,12,15H,10-11,13-14H2. The molecule has 5 rings (SSSR count). The normalized spacial score (nSPS) is 15.5. The molecule has 0 bridgehead atoms. The minimum absolute atomic E-state index is 0.108. The van der Waals surface area contributed by atoms with Crippen molar-refractivity contribution in [3.63, 3.8) is 0 Å². The molecular formula is C22H19N3OS. The van der Waals surface area contributed by atoms with Crippen molar-refractivity contribution in [2.24, 2.45) is 0 Å². The van der Waals surface area contributed by atoms with Crippen molar-refractivity contribution in [1.29, 1.82) is 0 Å². The molecule has 1 amide bonds. The number of pyridine rings is 1. The molecule has 0 unspecified atom stereocenters. The minimum Gasteiger partial charge on any atom is -0.339 e. The first-order valence-corrected chi connectivity index (χ1v) is 10.1. The first-order chi connectivity index (χ1) is 13.3. The van der Waals surface area contributed by atoms with Crippen LogP contribution in [0.4, 0.5) is 0 Å². The van der Waals surface area contributed by atoms with E-state index in [9.17, 15) is 4.79 Å². The Bertz CT molecular complexity index is 1090. The van der Waals surface area contributed by atoms with Gasteiger partial charge in [-0.15, -0.1) is 11.3 Å². The van der Waals surface area contributed by atoms with Gasteiger partial charge in [0, 0.05) is 36.2 Å². The third kappa shape index (κ3) is 2.98. The fraction of sp³-hybridized carbons (Fsp3) is 0.227. The Hall–Kier alpha value is -2.79. The molecule has 2 aromatic heterocycles. The first kappa shape index (κ1) is 16.4. The second-order valence-corrected chi connectivity index (χ2v) is 8.02. The lowest BCUT2D eigenvalue weighted by Crippen LogP contribution is -2.38. The van der Waals surface area contributed by atoms with Gasteiger partial charge in [0.1, 0.15) is 0 Å². The summed E-state index contributed by atoms with van der Waals surface area (Å²) >= 11 is 1.79. The van der Waals surface area contributed by atoms with Crippen molar-refractivity contribution in [2.45, 2.75) is 18.8 Å². The molecule has 1 aliphatic rings. The first-order valence-electron chi connectivity index (χ1n) is 9.28. The van der Waals surface area contributed by atoms with Gasteiger partial charge in [0.15, 0.2) is 0 Å². The van der Waals surface area contributed by atoms with Crippen LogP contribution >= 0.6 is 11.3 Å². The number of carbonyl (C=O) groups is 1. The monoisotopic (exact) mass is 373 g/mol. The van der Waals surface area contributed by atoms with Crippen LogP contribution in [0.1, 0.15) is 34.1 Å². The molecule has 0 spiro atoms. The van der Waals surface area contributed by atoms with E-state index in [0.29, 0.717) is 5.92 Å². The zero-order chi connectivity index (χ0) is 18.2. The topological polar surface area (TPSA) is 46.1 Å². The zero-order valence-corrected chi connectivity index (χ0v) is 15.7. The second-order valence-electron chi connectivity index (χ2n) is 6.96. The van der Waals surface area contributed by atoms with E-state index in [0.717, 1.165) is 47.9 Å². The summed E-state index contributed by atoms with van der Waals surface area (Å²) in [5, 5.41) is 2.14. The summed E-state index contributed by atoms with van der Waals surface area (Å²) in [7, 11) is 0. The van der Waals surface area contributed by atoms with Crippen LogP contribution in [-0.4, -0.2) is 33.9 Å². The average molecular weight is 373 g/mol. The molecule has 1 aliphatic heterocycles. The highest BCUT2D eigenvalue weighted by Crippen LogP contribution is 2.34. The molecule has 0 atom stereocenters. The predicted molar refractivity (Wildman–Crippen MR) is 109 cm³/mol. The summed E-state index contributed by atoms with van der Waals surface area (Å²) in [5.41, 5.74) is 2.70. The van der Waals surface area contributed by atoms with Crippen LogP contribution in [-0.2, 0) is 0 Å². The summed E-state index contributed by atoms with van der Waals surface area (Å²) in [5.74, 6) is 0.553. The Labute approximate surface area is 161 Å². The lowest BCUT2D eigenvalue weighted by molar-refractivity contribution is 0.0715. The SMILES string of the molecule is O=C(c1cccc2ncccc12)N1CCC(c2nc3ccccc3s2)CC1. The fourth-order valence-corrected chi connectivity index (χ4v) is 4.99. The van der Waals surface area contributed by atoms with Crippen molar-refractivity contribution in [2.75, 3.05) is 13.1 Å². The molecule has 5 heteroatoms. The molecule has 27 heavy (non-hydrogen) atoms. The van der Waals surface area contributed by atoms with E-state index in [2.05, 4.69) is 23.2 Å². The van der Waals surface area contributed by atoms with Crippen LogP contribution < -0.4 is 0 Å². The van der Waals surface area contributed by atoms with E-state index in [-0.39, 0.29) is 5.91 Å². The van der Waals surface area contributed by atoms with Gasteiger partial charge >= 0.3 is 0 Å². The molecule has 0 N–H and O–H groups in total. The van der Waals surface area contributed by atoms with E-state index in [1.54, 1.807) is 17.5 Å². The Kier molecular flexibility index (Phi) is 4.09. The zero-order valence-electron chi connectivity index (χ0n) is 14.8. The van der Waals surface area contributed by atoms with Crippen molar-refractivity contribution in [3.05, 3.63) is 71.4 Å². The lowest BCUT2D eigenvalue weighted by atomic mass is 9.96. The van der Waals surface area contributed by atoms with Gasteiger partial charge in [-0.2, -0.15) is 0 Å².